The first-order valence-electron chi connectivity index (χ1n) is 8.70. The van der Waals surface area contributed by atoms with E-state index in [9.17, 15) is 9.90 Å². The van der Waals surface area contributed by atoms with E-state index in [1.807, 2.05) is 18.2 Å². The number of benzene rings is 2. The van der Waals surface area contributed by atoms with Gasteiger partial charge < -0.3 is 24.3 Å². The van der Waals surface area contributed by atoms with Crippen molar-refractivity contribution in [1.29, 1.82) is 0 Å². The summed E-state index contributed by atoms with van der Waals surface area (Å²) in [6, 6.07) is 10.7. The van der Waals surface area contributed by atoms with Crippen LogP contribution in [0.15, 0.2) is 45.6 Å². The molecule has 0 saturated carbocycles. The molecule has 0 amide bonds. The van der Waals surface area contributed by atoms with E-state index in [0.717, 1.165) is 29.5 Å². The highest BCUT2D eigenvalue weighted by molar-refractivity contribution is 5.84. The molecule has 6 nitrogen and oxygen atoms in total. The van der Waals surface area contributed by atoms with Gasteiger partial charge in [0.2, 0.25) is 0 Å². The normalized spacial score (nSPS) is 10.9. The van der Waals surface area contributed by atoms with Gasteiger partial charge in [0.05, 0.1) is 14.2 Å². The number of ether oxygens (including phenoxy) is 2. The summed E-state index contributed by atoms with van der Waals surface area (Å²) in [5.74, 6) is 1.52. The number of phenols is 1. The Morgan fingerprint density at radius 3 is 2.59 bits per heavy atom. The molecule has 0 atom stereocenters. The molecule has 142 valence electrons. The van der Waals surface area contributed by atoms with Crippen molar-refractivity contribution in [2.75, 3.05) is 20.8 Å². The predicted molar refractivity (Wildman–Crippen MR) is 104 cm³/mol. The molecule has 0 fully saturated rings. The summed E-state index contributed by atoms with van der Waals surface area (Å²) in [4.78, 5) is 11.9. The Morgan fingerprint density at radius 1 is 1.07 bits per heavy atom. The molecule has 1 aromatic heterocycles. The van der Waals surface area contributed by atoms with Crippen molar-refractivity contribution in [3.05, 3.63) is 63.5 Å². The van der Waals surface area contributed by atoms with Crippen LogP contribution in [0.4, 0.5) is 0 Å². The minimum atomic E-state index is -0.423. The molecule has 27 heavy (non-hydrogen) atoms. The van der Waals surface area contributed by atoms with Crippen LogP contribution in [0.3, 0.4) is 0 Å². The zero-order valence-corrected chi connectivity index (χ0v) is 15.7. The fourth-order valence-corrected chi connectivity index (χ4v) is 3.05. The lowest BCUT2D eigenvalue weighted by molar-refractivity contribution is 0.354. The second-order valence-electron chi connectivity index (χ2n) is 6.29. The van der Waals surface area contributed by atoms with Gasteiger partial charge in [0.15, 0.2) is 11.5 Å². The van der Waals surface area contributed by atoms with E-state index in [4.69, 9.17) is 13.9 Å². The molecule has 0 spiro atoms. The van der Waals surface area contributed by atoms with Crippen LogP contribution in [0.25, 0.3) is 11.0 Å². The minimum Gasteiger partial charge on any atom is -0.508 e. The third kappa shape index (κ3) is 4.06. The number of rotatable bonds is 7. The Morgan fingerprint density at radius 2 is 1.85 bits per heavy atom. The molecule has 0 aliphatic rings. The third-order valence-electron chi connectivity index (χ3n) is 4.57. The van der Waals surface area contributed by atoms with E-state index < -0.39 is 5.63 Å². The topological polar surface area (TPSA) is 80.9 Å². The summed E-state index contributed by atoms with van der Waals surface area (Å²) in [5.41, 5.74) is 2.54. The number of phenolic OH excluding ortho intramolecular Hbond substituents is 1. The van der Waals surface area contributed by atoms with E-state index >= 15 is 0 Å². The Labute approximate surface area is 157 Å². The molecule has 3 rings (SSSR count). The minimum absolute atomic E-state index is 0.115. The molecule has 2 aromatic carbocycles. The number of nitrogens with one attached hydrogen (secondary N) is 1. The van der Waals surface area contributed by atoms with Crippen LogP contribution in [0.5, 0.6) is 17.2 Å². The van der Waals surface area contributed by atoms with Crippen LogP contribution in [0, 0.1) is 6.92 Å². The average molecular weight is 369 g/mol. The van der Waals surface area contributed by atoms with Gasteiger partial charge in [-0.25, -0.2) is 4.79 Å². The lowest BCUT2D eigenvalue weighted by Gasteiger charge is -2.11. The molecule has 0 unspecified atom stereocenters. The fraction of sp³-hybridized carbons (Fsp3) is 0.286. The molecule has 0 bridgehead atoms. The first-order valence-corrected chi connectivity index (χ1v) is 8.70. The monoisotopic (exact) mass is 369 g/mol. The maximum atomic E-state index is 11.9. The van der Waals surface area contributed by atoms with Gasteiger partial charge in [0, 0.05) is 23.6 Å². The third-order valence-corrected chi connectivity index (χ3v) is 4.57. The number of fused-ring (bicyclic) bond motifs is 1. The van der Waals surface area contributed by atoms with Crippen molar-refractivity contribution in [2.45, 2.75) is 19.9 Å². The van der Waals surface area contributed by atoms with Gasteiger partial charge in [0.25, 0.3) is 0 Å². The second-order valence-corrected chi connectivity index (χ2v) is 6.29. The smallest absolute Gasteiger partial charge is 0.336 e. The largest absolute Gasteiger partial charge is 0.508 e. The van der Waals surface area contributed by atoms with Gasteiger partial charge in [-0.15, -0.1) is 0 Å². The van der Waals surface area contributed by atoms with Crippen molar-refractivity contribution in [1.82, 2.24) is 5.32 Å². The molecule has 0 saturated heterocycles. The van der Waals surface area contributed by atoms with E-state index in [-0.39, 0.29) is 5.75 Å². The van der Waals surface area contributed by atoms with Crippen LogP contribution in [-0.2, 0) is 13.0 Å². The molecule has 0 aliphatic heterocycles. The maximum absolute atomic E-state index is 11.9. The van der Waals surface area contributed by atoms with Crippen LogP contribution < -0.4 is 20.4 Å². The summed E-state index contributed by atoms with van der Waals surface area (Å²) in [7, 11) is 3.23. The zero-order valence-electron chi connectivity index (χ0n) is 15.7. The lowest BCUT2D eigenvalue weighted by atomic mass is 10.1. The highest BCUT2D eigenvalue weighted by Gasteiger charge is 2.10. The molecular formula is C21H23NO5. The number of aromatic hydroxyl groups is 1. The van der Waals surface area contributed by atoms with E-state index in [2.05, 4.69) is 5.32 Å². The zero-order chi connectivity index (χ0) is 19.4. The predicted octanol–water partition coefficient (Wildman–Crippen LogP) is 3.16. The van der Waals surface area contributed by atoms with E-state index in [1.165, 1.54) is 6.07 Å². The number of hydrogen-bond acceptors (Lipinski definition) is 6. The SMILES string of the molecule is COc1ccc(CCNCc2cc(=O)oc3c(C)c(O)ccc23)cc1OC. The molecule has 3 aromatic rings. The fourth-order valence-electron chi connectivity index (χ4n) is 3.05. The molecule has 6 heteroatoms. The molecule has 0 radical (unpaired) electrons. The average Bonchev–Trinajstić information content (AvgIpc) is 2.68. The summed E-state index contributed by atoms with van der Waals surface area (Å²) in [6.07, 6.45) is 0.805. The maximum Gasteiger partial charge on any atom is 0.336 e. The molecule has 2 N–H and O–H groups in total. The van der Waals surface area contributed by atoms with Gasteiger partial charge in [-0.1, -0.05) is 6.07 Å². The van der Waals surface area contributed by atoms with E-state index in [1.54, 1.807) is 33.3 Å². The lowest BCUT2D eigenvalue weighted by Crippen LogP contribution is -2.18. The Bertz CT molecular complexity index is 1010. The Balaban J connectivity index is 1.69. The van der Waals surface area contributed by atoms with Crippen LogP contribution in [-0.4, -0.2) is 25.9 Å². The molecular weight excluding hydrogens is 346 g/mol. The Hall–Kier alpha value is -2.99. The second kappa shape index (κ2) is 8.14. The summed E-state index contributed by atoms with van der Waals surface area (Å²) in [5, 5.41) is 14.0. The quantitative estimate of drug-likeness (QED) is 0.492. The highest BCUT2D eigenvalue weighted by Crippen LogP contribution is 2.28. The van der Waals surface area contributed by atoms with Gasteiger partial charge >= 0.3 is 5.63 Å². The van der Waals surface area contributed by atoms with Gasteiger partial charge in [0.1, 0.15) is 11.3 Å². The van der Waals surface area contributed by atoms with Crippen molar-refractivity contribution >= 4 is 11.0 Å². The van der Waals surface area contributed by atoms with Crippen LogP contribution in [0.2, 0.25) is 0 Å². The van der Waals surface area contributed by atoms with E-state index in [0.29, 0.717) is 29.2 Å². The summed E-state index contributed by atoms with van der Waals surface area (Å²) >= 11 is 0. The first-order chi connectivity index (χ1) is 13.0. The van der Waals surface area contributed by atoms with Crippen molar-refractivity contribution in [3.8, 4) is 17.2 Å². The van der Waals surface area contributed by atoms with Crippen molar-refractivity contribution in [2.24, 2.45) is 0 Å². The number of methoxy groups -OCH3 is 2. The summed E-state index contributed by atoms with van der Waals surface area (Å²) in [6.45, 7) is 2.99. The number of aryl methyl sites for hydroxylation is 1. The number of hydrogen-bond donors (Lipinski definition) is 2. The first kappa shape index (κ1) is 18.8. The van der Waals surface area contributed by atoms with Crippen LogP contribution in [0.1, 0.15) is 16.7 Å². The van der Waals surface area contributed by atoms with Gasteiger partial charge in [-0.2, -0.15) is 0 Å². The summed E-state index contributed by atoms with van der Waals surface area (Å²) < 4.78 is 15.8. The van der Waals surface area contributed by atoms with Crippen molar-refractivity contribution in [3.63, 3.8) is 0 Å². The van der Waals surface area contributed by atoms with Gasteiger partial charge in [-0.05, 0) is 55.3 Å². The highest BCUT2D eigenvalue weighted by atomic mass is 16.5. The standard InChI is InChI=1S/C21H23NO5/c1-13-17(23)6-5-16-15(11-20(24)27-21(13)16)12-22-9-8-14-4-7-18(25-2)19(10-14)26-3/h4-7,10-11,22-23H,8-9,12H2,1-3H3. The van der Waals surface area contributed by atoms with Crippen molar-refractivity contribution < 1.29 is 19.0 Å². The Kier molecular flexibility index (Phi) is 5.66. The molecule has 1 heterocycles. The van der Waals surface area contributed by atoms with Crippen LogP contribution >= 0.6 is 0 Å². The van der Waals surface area contributed by atoms with Gasteiger partial charge in [-0.3, -0.25) is 0 Å². The molecule has 0 aliphatic carbocycles.